The van der Waals surface area contributed by atoms with Crippen LogP contribution in [0.1, 0.15) is 19.4 Å². The summed E-state index contributed by atoms with van der Waals surface area (Å²) in [5.74, 6) is 0.890. The second-order valence-corrected chi connectivity index (χ2v) is 3.87. The van der Waals surface area contributed by atoms with Crippen molar-refractivity contribution in [2.24, 2.45) is 4.99 Å². The van der Waals surface area contributed by atoms with Crippen molar-refractivity contribution in [1.82, 2.24) is 5.48 Å². The summed E-state index contributed by atoms with van der Waals surface area (Å²) in [6, 6.07) is 10.2. The van der Waals surface area contributed by atoms with Gasteiger partial charge in [-0.05, 0) is 19.4 Å². The van der Waals surface area contributed by atoms with Crippen LogP contribution in [0.4, 0.5) is 0 Å². The Morgan fingerprint density at radius 2 is 2.00 bits per heavy atom. The van der Waals surface area contributed by atoms with Crippen LogP contribution in [0.15, 0.2) is 35.3 Å². The van der Waals surface area contributed by atoms with Crippen LogP contribution in [0.3, 0.4) is 0 Å². The van der Waals surface area contributed by atoms with E-state index in [1.54, 1.807) is 0 Å². The Morgan fingerprint density at radius 3 is 2.57 bits per heavy atom. The zero-order valence-electron chi connectivity index (χ0n) is 8.45. The summed E-state index contributed by atoms with van der Waals surface area (Å²) >= 11 is 0. The molecule has 0 saturated heterocycles. The molecule has 1 aromatic rings. The van der Waals surface area contributed by atoms with Crippen LogP contribution in [0.25, 0.3) is 0 Å². The van der Waals surface area contributed by atoms with Crippen molar-refractivity contribution in [2.45, 2.75) is 26.0 Å². The first-order valence-corrected chi connectivity index (χ1v) is 4.72. The lowest BCUT2D eigenvalue weighted by Crippen LogP contribution is -2.23. The molecule has 0 aliphatic carbocycles. The van der Waals surface area contributed by atoms with Gasteiger partial charge in [0, 0.05) is 6.42 Å². The van der Waals surface area contributed by atoms with E-state index in [2.05, 4.69) is 22.6 Å². The van der Waals surface area contributed by atoms with Crippen LogP contribution in [-0.2, 0) is 11.3 Å². The molecule has 0 amide bonds. The van der Waals surface area contributed by atoms with E-state index in [0.717, 1.165) is 12.3 Å². The number of hydroxylamine groups is 1. The van der Waals surface area contributed by atoms with Gasteiger partial charge in [-0.25, -0.2) is 9.83 Å². The second kappa shape index (κ2) is 3.42. The molecule has 3 nitrogen and oxygen atoms in total. The zero-order valence-corrected chi connectivity index (χ0v) is 8.45. The minimum absolute atomic E-state index is 0.426. The highest BCUT2D eigenvalue weighted by atomic mass is 16.7. The molecule has 1 aliphatic rings. The first-order chi connectivity index (χ1) is 6.66. The topological polar surface area (TPSA) is 33.6 Å². The average Bonchev–Trinajstić information content (AvgIpc) is 2.47. The number of hydrogen-bond donors (Lipinski definition) is 1. The van der Waals surface area contributed by atoms with Gasteiger partial charge in [-0.15, -0.1) is 0 Å². The monoisotopic (exact) mass is 190 g/mol. The summed E-state index contributed by atoms with van der Waals surface area (Å²) in [6.45, 7) is 3.86. The molecule has 1 N–H and O–H groups in total. The lowest BCUT2D eigenvalue weighted by molar-refractivity contribution is -0.0273. The SMILES string of the molecule is CC1(C)N=C(Cc2ccccc2)NO1. The van der Waals surface area contributed by atoms with Crippen LogP contribution in [0.2, 0.25) is 0 Å². The van der Waals surface area contributed by atoms with Crippen LogP contribution >= 0.6 is 0 Å². The van der Waals surface area contributed by atoms with Crippen LogP contribution in [-0.4, -0.2) is 11.6 Å². The third-order valence-corrected chi connectivity index (χ3v) is 2.04. The summed E-state index contributed by atoms with van der Waals surface area (Å²) in [5.41, 5.74) is 3.66. The van der Waals surface area contributed by atoms with Crippen molar-refractivity contribution in [3.63, 3.8) is 0 Å². The fraction of sp³-hybridized carbons (Fsp3) is 0.364. The van der Waals surface area contributed by atoms with Crippen molar-refractivity contribution < 1.29 is 4.84 Å². The number of nitrogens with one attached hydrogen (secondary N) is 1. The number of benzene rings is 1. The number of amidine groups is 1. The minimum Gasteiger partial charge on any atom is -0.250 e. The quantitative estimate of drug-likeness (QED) is 0.772. The molecule has 74 valence electrons. The fourth-order valence-corrected chi connectivity index (χ4v) is 1.42. The van der Waals surface area contributed by atoms with Gasteiger partial charge in [-0.1, -0.05) is 30.3 Å². The lowest BCUT2D eigenvalue weighted by Gasteiger charge is -2.09. The number of aliphatic imine (C=N–C) groups is 1. The van der Waals surface area contributed by atoms with Gasteiger partial charge in [0.25, 0.3) is 0 Å². The third-order valence-electron chi connectivity index (χ3n) is 2.04. The van der Waals surface area contributed by atoms with Crippen molar-refractivity contribution in [2.75, 3.05) is 0 Å². The van der Waals surface area contributed by atoms with Crippen molar-refractivity contribution in [3.8, 4) is 0 Å². The van der Waals surface area contributed by atoms with Crippen LogP contribution in [0, 0.1) is 0 Å². The maximum Gasteiger partial charge on any atom is 0.181 e. The summed E-state index contributed by atoms with van der Waals surface area (Å²) in [6.07, 6.45) is 0.796. The standard InChI is InChI=1S/C11H14N2O/c1-11(2)12-10(13-14-11)8-9-6-4-3-5-7-9/h3-7H,8H2,1-2H3,(H,12,13). The summed E-state index contributed by atoms with van der Waals surface area (Å²) in [7, 11) is 0. The van der Waals surface area contributed by atoms with Gasteiger partial charge in [0.05, 0.1) is 0 Å². The molecular weight excluding hydrogens is 176 g/mol. The van der Waals surface area contributed by atoms with Crippen molar-refractivity contribution >= 4 is 5.84 Å². The zero-order chi connectivity index (χ0) is 10.0. The van der Waals surface area contributed by atoms with E-state index in [4.69, 9.17) is 4.84 Å². The molecule has 14 heavy (non-hydrogen) atoms. The smallest absolute Gasteiger partial charge is 0.181 e. The van der Waals surface area contributed by atoms with E-state index < -0.39 is 5.72 Å². The summed E-state index contributed by atoms with van der Waals surface area (Å²) < 4.78 is 0. The maximum absolute atomic E-state index is 5.27. The van der Waals surface area contributed by atoms with Gasteiger partial charge in [0.2, 0.25) is 0 Å². The van der Waals surface area contributed by atoms with Crippen molar-refractivity contribution in [3.05, 3.63) is 35.9 Å². The molecule has 2 rings (SSSR count). The first-order valence-electron chi connectivity index (χ1n) is 4.72. The molecule has 1 aliphatic heterocycles. The number of hydrogen-bond acceptors (Lipinski definition) is 3. The average molecular weight is 190 g/mol. The summed E-state index contributed by atoms with van der Waals surface area (Å²) in [5, 5.41) is 0. The van der Waals surface area contributed by atoms with E-state index >= 15 is 0 Å². The predicted octanol–water partition coefficient (Wildman–Crippen LogP) is 1.90. The molecule has 1 aromatic carbocycles. The molecule has 3 heteroatoms. The van der Waals surface area contributed by atoms with Gasteiger partial charge in [-0.2, -0.15) is 0 Å². The fourth-order valence-electron chi connectivity index (χ4n) is 1.42. The van der Waals surface area contributed by atoms with E-state index in [1.807, 2.05) is 32.0 Å². The second-order valence-electron chi connectivity index (χ2n) is 3.87. The third kappa shape index (κ3) is 2.12. The molecular formula is C11H14N2O. The first kappa shape index (κ1) is 9.21. The van der Waals surface area contributed by atoms with Gasteiger partial charge in [0.1, 0.15) is 5.84 Å². The highest BCUT2D eigenvalue weighted by molar-refractivity contribution is 5.84. The van der Waals surface area contributed by atoms with Crippen LogP contribution < -0.4 is 5.48 Å². The molecule has 0 aromatic heterocycles. The van der Waals surface area contributed by atoms with Crippen LogP contribution in [0.5, 0.6) is 0 Å². The molecule has 0 radical (unpaired) electrons. The van der Waals surface area contributed by atoms with Gasteiger partial charge < -0.3 is 0 Å². The van der Waals surface area contributed by atoms with E-state index in [0.29, 0.717) is 0 Å². The van der Waals surface area contributed by atoms with Crippen molar-refractivity contribution in [1.29, 1.82) is 0 Å². The minimum atomic E-state index is -0.426. The van der Waals surface area contributed by atoms with Gasteiger partial charge in [-0.3, -0.25) is 5.48 Å². The highest BCUT2D eigenvalue weighted by Gasteiger charge is 2.25. The van der Waals surface area contributed by atoms with E-state index in [9.17, 15) is 0 Å². The van der Waals surface area contributed by atoms with E-state index in [1.165, 1.54) is 5.56 Å². The predicted molar refractivity (Wildman–Crippen MR) is 55.9 cm³/mol. The molecule has 0 unspecified atom stereocenters. The molecule has 0 bridgehead atoms. The molecule has 0 fully saturated rings. The Morgan fingerprint density at radius 1 is 1.29 bits per heavy atom. The number of nitrogens with zero attached hydrogens (tertiary/aromatic N) is 1. The largest absolute Gasteiger partial charge is 0.250 e. The normalized spacial score (nSPS) is 18.9. The van der Waals surface area contributed by atoms with Gasteiger partial charge >= 0.3 is 0 Å². The van der Waals surface area contributed by atoms with E-state index in [-0.39, 0.29) is 0 Å². The molecule has 0 atom stereocenters. The molecule has 1 heterocycles. The molecule has 0 saturated carbocycles. The lowest BCUT2D eigenvalue weighted by atomic mass is 10.1. The Bertz CT molecular complexity index is 344. The highest BCUT2D eigenvalue weighted by Crippen LogP contribution is 2.15. The summed E-state index contributed by atoms with van der Waals surface area (Å²) in [4.78, 5) is 9.67. The Balaban J connectivity index is 2.07. The Kier molecular flexibility index (Phi) is 2.25. The van der Waals surface area contributed by atoms with Gasteiger partial charge in [0.15, 0.2) is 5.72 Å². The maximum atomic E-state index is 5.27. The Hall–Kier alpha value is -1.35. The Labute approximate surface area is 83.8 Å². The molecule has 0 spiro atoms. The number of rotatable bonds is 2.